The Hall–Kier alpha value is -1.13. The summed E-state index contributed by atoms with van der Waals surface area (Å²) in [5.74, 6) is -1.55. The number of rotatable bonds is 4. The van der Waals surface area contributed by atoms with Crippen molar-refractivity contribution in [2.75, 3.05) is 18.8 Å². The molecule has 7 heteroatoms. The van der Waals surface area contributed by atoms with Crippen LogP contribution in [0.15, 0.2) is 0 Å². The monoisotopic (exact) mass is 260 g/mol. The van der Waals surface area contributed by atoms with E-state index in [2.05, 4.69) is 0 Å². The molecule has 0 saturated carbocycles. The molecule has 96 valence electrons. The van der Waals surface area contributed by atoms with Crippen LogP contribution in [0.25, 0.3) is 0 Å². The molecule has 1 heterocycles. The zero-order valence-electron chi connectivity index (χ0n) is 9.72. The fourth-order valence-electron chi connectivity index (χ4n) is 2.11. The summed E-state index contributed by atoms with van der Waals surface area (Å²) in [6.07, 6.45) is 1.39. The first-order valence-corrected chi connectivity index (χ1v) is 7.07. The summed E-state index contributed by atoms with van der Waals surface area (Å²) >= 11 is 0. The summed E-state index contributed by atoms with van der Waals surface area (Å²) in [6, 6.07) is 1.60. The zero-order chi connectivity index (χ0) is 13.1. The number of hydrogen-bond donors (Lipinski definition) is 1. The minimum Gasteiger partial charge on any atom is -0.481 e. The molecule has 6 nitrogen and oxygen atoms in total. The van der Waals surface area contributed by atoms with E-state index in [9.17, 15) is 18.3 Å². The Bertz CT molecular complexity index is 440. The van der Waals surface area contributed by atoms with Gasteiger partial charge in [-0.15, -0.1) is 0 Å². The normalized spacial score (nSPS) is 26.4. The molecule has 1 unspecified atom stereocenters. The van der Waals surface area contributed by atoms with Gasteiger partial charge in [0.25, 0.3) is 0 Å². The summed E-state index contributed by atoms with van der Waals surface area (Å²) in [5, 5.41) is 17.7. The Morgan fingerprint density at radius 3 is 2.71 bits per heavy atom. The lowest BCUT2D eigenvalue weighted by Gasteiger charge is -2.38. The van der Waals surface area contributed by atoms with Crippen LogP contribution in [0, 0.1) is 16.7 Å². The van der Waals surface area contributed by atoms with E-state index in [1.807, 2.05) is 0 Å². The molecule has 0 bridgehead atoms. The second-order valence-electron chi connectivity index (χ2n) is 4.29. The number of aliphatic carboxylic acids is 1. The second-order valence-corrected chi connectivity index (χ2v) is 6.26. The van der Waals surface area contributed by atoms with Crippen LogP contribution < -0.4 is 0 Å². The van der Waals surface area contributed by atoms with Crippen LogP contribution in [0.5, 0.6) is 0 Å². The molecule has 1 fully saturated rings. The molecule has 0 aliphatic carbocycles. The number of nitriles is 1. The number of piperidine rings is 1. The van der Waals surface area contributed by atoms with E-state index in [0.717, 1.165) is 4.31 Å². The van der Waals surface area contributed by atoms with Crippen molar-refractivity contribution < 1.29 is 18.3 Å². The molecular weight excluding hydrogens is 244 g/mol. The molecule has 0 radical (unpaired) electrons. The minimum absolute atomic E-state index is 0.0250. The largest absolute Gasteiger partial charge is 0.481 e. The number of hydrogen-bond acceptors (Lipinski definition) is 4. The molecule has 1 rings (SSSR count). The lowest BCUT2D eigenvalue weighted by molar-refractivity contribution is -0.151. The number of carboxylic acid groups (broad SMARTS) is 1. The van der Waals surface area contributed by atoms with Crippen LogP contribution in [0.4, 0.5) is 0 Å². The summed E-state index contributed by atoms with van der Waals surface area (Å²) < 4.78 is 24.6. The molecule has 0 aromatic heterocycles. The van der Waals surface area contributed by atoms with Crippen molar-refractivity contribution in [1.82, 2.24) is 4.31 Å². The van der Waals surface area contributed by atoms with Crippen molar-refractivity contribution in [3.05, 3.63) is 0 Å². The predicted octanol–water partition coefficient (Wildman–Crippen LogP) is 0.417. The van der Waals surface area contributed by atoms with Crippen LogP contribution in [-0.2, 0) is 14.8 Å². The first-order valence-electron chi connectivity index (χ1n) is 5.46. The summed E-state index contributed by atoms with van der Waals surface area (Å²) in [6.45, 7) is 2.02. The van der Waals surface area contributed by atoms with Gasteiger partial charge in [-0.05, 0) is 19.3 Å². The molecule has 1 aliphatic heterocycles. The van der Waals surface area contributed by atoms with Crippen molar-refractivity contribution in [2.45, 2.75) is 26.2 Å². The maximum absolute atomic E-state index is 11.7. The van der Waals surface area contributed by atoms with Gasteiger partial charge in [-0.25, -0.2) is 8.42 Å². The average molecular weight is 260 g/mol. The fourth-order valence-corrected chi connectivity index (χ4v) is 3.31. The Kier molecular flexibility index (Phi) is 4.11. The highest BCUT2D eigenvalue weighted by atomic mass is 32.2. The molecule has 0 aromatic carbocycles. The van der Waals surface area contributed by atoms with Crippen molar-refractivity contribution in [1.29, 1.82) is 5.26 Å². The molecule has 0 spiro atoms. The summed E-state index contributed by atoms with van der Waals surface area (Å²) in [5.41, 5.74) is -0.999. The smallest absolute Gasteiger partial charge is 0.310 e. The molecule has 1 aliphatic rings. The van der Waals surface area contributed by atoms with E-state index in [-0.39, 0.29) is 6.54 Å². The Morgan fingerprint density at radius 2 is 2.24 bits per heavy atom. The van der Waals surface area contributed by atoms with E-state index < -0.39 is 27.2 Å². The van der Waals surface area contributed by atoms with Crippen molar-refractivity contribution >= 4 is 16.0 Å². The molecule has 1 saturated heterocycles. The summed E-state index contributed by atoms with van der Waals surface area (Å²) in [7, 11) is -3.64. The summed E-state index contributed by atoms with van der Waals surface area (Å²) in [4.78, 5) is 11.3. The third kappa shape index (κ3) is 2.76. The topological polar surface area (TPSA) is 98.5 Å². The van der Waals surface area contributed by atoms with Crippen molar-refractivity contribution in [3.63, 3.8) is 0 Å². The quantitative estimate of drug-likeness (QED) is 0.789. The lowest BCUT2D eigenvalue weighted by atomic mass is 9.78. The SMILES string of the molecule is CCC1(C(=O)O)CCCN(S(=O)(=O)CC#N)C1. The Balaban J connectivity index is 2.94. The van der Waals surface area contributed by atoms with Crippen LogP contribution in [-0.4, -0.2) is 42.6 Å². The maximum atomic E-state index is 11.7. The van der Waals surface area contributed by atoms with Gasteiger partial charge in [-0.2, -0.15) is 9.57 Å². The lowest BCUT2D eigenvalue weighted by Crippen LogP contribution is -2.50. The highest BCUT2D eigenvalue weighted by molar-refractivity contribution is 7.89. The number of sulfonamides is 1. The number of nitrogens with zero attached hydrogens (tertiary/aromatic N) is 2. The van der Waals surface area contributed by atoms with E-state index >= 15 is 0 Å². The average Bonchev–Trinajstić information content (AvgIpc) is 2.28. The molecule has 0 aromatic rings. The maximum Gasteiger partial charge on any atom is 0.310 e. The Labute approximate surface area is 101 Å². The van der Waals surface area contributed by atoms with Gasteiger partial charge < -0.3 is 5.11 Å². The highest BCUT2D eigenvalue weighted by Gasteiger charge is 2.43. The third-order valence-corrected chi connectivity index (χ3v) is 4.91. The van der Waals surface area contributed by atoms with Gasteiger partial charge in [-0.3, -0.25) is 4.79 Å². The van der Waals surface area contributed by atoms with Gasteiger partial charge in [0.1, 0.15) is 0 Å². The van der Waals surface area contributed by atoms with Gasteiger partial charge in [0.2, 0.25) is 10.0 Å². The third-order valence-electron chi connectivity index (χ3n) is 3.31. The molecular formula is C10H16N2O4S. The fraction of sp³-hybridized carbons (Fsp3) is 0.800. The highest BCUT2D eigenvalue weighted by Crippen LogP contribution is 2.34. The van der Waals surface area contributed by atoms with Gasteiger partial charge in [0.05, 0.1) is 11.5 Å². The van der Waals surface area contributed by atoms with Gasteiger partial charge in [0.15, 0.2) is 5.75 Å². The zero-order valence-corrected chi connectivity index (χ0v) is 10.5. The molecule has 0 amide bonds. The van der Waals surface area contributed by atoms with Crippen molar-refractivity contribution in [2.24, 2.45) is 5.41 Å². The van der Waals surface area contributed by atoms with Crippen LogP contribution in [0.2, 0.25) is 0 Å². The van der Waals surface area contributed by atoms with Gasteiger partial charge in [0, 0.05) is 13.1 Å². The van der Waals surface area contributed by atoms with Gasteiger partial charge in [-0.1, -0.05) is 6.92 Å². The number of carbonyl (C=O) groups is 1. The Morgan fingerprint density at radius 1 is 1.59 bits per heavy atom. The standard InChI is InChI=1S/C10H16N2O4S/c1-2-10(9(13)14)4-3-6-12(8-10)17(15,16)7-5-11/h2-4,6-8H2,1H3,(H,13,14). The first kappa shape index (κ1) is 13.9. The molecule has 1 N–H and O–H groups in total. The van der Waals surface area contributed by atoms with Crippen LogP contribution in [0.3, 0.4) is 0 Å². The molecule has 17 heavy (non-hydrogen) atoms. The molecule has 1 atom stereocenters. The first-order chi connectivity index (χ1) is 7.88. The van der Waals surface area contributed by atoms with Crippen LogP contribution in [0.1, 0.15) is 26.2 Å². The van der Waals surface area contributed by atoms with Gasteiger partial charge >= 0.3 is 5.97 Å². The minimum atomic E-state index is -3.64. The van der Waals surface area contributed by atoms with E-state index in [1.165, 1.54) is 0 Å². The number of carboxylic acids is 1. The van der Waals surface area contributed by atoms with E-state index in [4.69, 9.17) is 5.26 Å². The van der Waals surface area contributed by atoms with Crippen LogP contribution >= 0.6 is 0 Å². The predicted molar refractivity (Wildman–Crippen MR) is 60.6 cm³/mol. The van der Waals surface area contributed by atoms with Crippen molar-refractivity contribution in [3.8, 4) is 6.07 Å². The van der Waals surface area contributed by atoms with E-state index in [0.29, 0.717) is 25.8 Å². The van der Waals surface area contributed by atoms with E-state index in [1.54, 1.807) is 13.0 Å². The second kappa shape index (κ2) is 5.02.